The van der Waals surface area contributed by atoms with Gasteiger partial charge in [-0.15, -0.1) is 0 Å². The zero-order valence-electron chi connectivity index (χ0n) is 12.1. The minimum absolute atomic E-state index is 0.216. The van der Waals surface area contributed by atoms with E-state index in [-0.39, 0.29) is 5.56 Å². The normalized spacial score (nSPS) is 10.6. The van der Waals surface area contributed by atoms with Gasteiger partial charge in [-0.05, 0) is 49.0 Å². The van der Waals surface area contributed by atoms with E-state index in [0.717, 1.165) is 11.1 Å². The van der Waals surface area contributed by atoms with Crippen LogP contribution in [0.25, 0.3) is 11.3 Å². The number of hydrogen-bond donors (Lipinski definition) is 3. The molecule has 0 amide bonds. The summed E-state index contributed by atoms with van der Waals surface area (Å²) < 4.78 is 5.65. The first-order valence-corrected chi connectivity index (χ1v) is 6.87. The number of carboxylic acid groups (broad SMARTS) is 1. The van der Waals surface area contributed by atoms with Gasteiger partial charge in [0, 0.05) is 12.6 Å². The van der Waals surface area contributed by atoms with Gasteiger partial charge in [-0.25, -0.2) is 4.79 Å². The summed E-state index contributed by atoms with van der Waals surface area (Å²) in [6.45, 7) is 1.89. The van der Waals surface area contributed by atoms with E-state index in [2.05, 4.69) is 15.8 Å². The molecular weight excluding hydrogens is 302 g/mol. The molecule has 0 bridgehead atoms. The Labute approximate surface area is 132 Å². The Morgan fingerprint density at radius 1 is 1.36 bits per heavy atom. The van der Waals surface area contributed by atoms with Crippen LogP contribution < -0.4 is 10.7 Å². The number of carboxylic acids is 1. The largest absolute Gasteiger partial charge is 0.478 e. The highest BCUT2D eigenvalue weighted by molar-refractivity contribution is 7.80. The van der Waals surface area contributed by atoms with Crippen LogP contribution in [0.2, 0.25) is 0 Å². The summed E-state index contributed by atoms with van der Waals surface area (Å²) in [5.74, 6) is 0.138. The number of hydrazone groups is 1. The third-order valence-electron chi connectivity index (χ3n) is 2.96. The van der Waals surface area contributed by atoms with Crippen molar-refractivity contribution in [1.29, 1.82) is 0 Å². The number of rotatable bonds is 4. The molecule has 3 N–H and O–H groups in total. The van der Waals surface area contributed by atoms with Crippen molar-refractivity contribution in [3.63, 3.8) is 0 Å². The van der Waals surface area contributed by atoms with Gasteiger partial charge in [0.05, 0.1) is 11.8 Å². The van der Waals surface area contributed by atoms with Crippen LogP contribution in [0, 0.1) is 6.92 Å². The van der Waals surface area contributed by atoms with E-state index in [1.807, 2.05) is 6.92 Å². The molecular formula is C15H15N3O3S. The fourth-order valence-electron chi connectivity index (χ4n) is 1.80. The Kier molecular flexibility index (Phi) is 4.90. The molecule has 0 spiro atoms. The average molecular weight is 317 g/mol. The number of furan rings is 1. The molecule has 7 heteroatoms. The van der Waals surface area contributed by atoms with E-state index in [9.17, 15) is 4.79 Å². The Balaban J connectivity index is 2.23. The standard InChI is InChI=1S/C15H15N3O3S/c1-9-3-4-10(14(19)20)7-12(9)13-6-5-11(21-13)8-17-18-15(22)16-2/h3-8H,1-2H3,(H,19,20)(H2,16,18,22)/b17-8-. The van der Waals surface area contributed by atoms with Crippen molar-refractivity contribution < 1.29 is 14.3 Å². The molecule has 1 aromatic heterocycles. The molecule has 0 aliphatic carbocycles. The van der Waals surface area contributed by atoms with E-state index in [4.69, 9.17) is 21.7 Å². The first-order chi connectivity index (χ1) is 10.5. The summed E-state index contributed by atoms with van der Waals surface area (Å²) in [5, 5.41) is 16.1. The van der Waals surface area contributed by atoms with E-state index < -0.39 is 5.97 Å². The smallest absolute Gasteiger partial charge is 0.335 e. The van der Waals surface area contributed by atoms with Crippen molar-refractivity contribution in [2.45, 2.75) is 6.92 Å². The van der Waals surface area contributed by atoms with Gasteiger partial charge in [0.25, 0.3) is 0 Å². The predicted octanol–water partition coefficient (Wildman–Crippen LogP) is 2.38. The van der Waals surface area contributed by atoms with Crippen LogP contribution in [0.1, 0.15) is 21.7 Å². The third kappa shape index (κ3) is 3.70. The van der Waals surface area contributed by atoms with Crippen LogP contribution in [0.5, 0.6) is 0 Å². The number of benzene rings is 1. The van der Waals surface area contributed by atoms with Crippen molar-refractivity contribution in [1.82, 2.24) is 10.7 Å². The number of carbonyl (C=O) groups is 1. The van der Waals surface area contributed by atoms with Crippen molar-refractivity contribution in [2.75, 3.05) is 7.05 Å². The number of nitrogens with zero attached hydrogens (tertiary/aromatic N) is 1. The molecule has 0 unspecified atom stereocenters. The number of nitrogens with one attached hydrogen (secondary N) is 2. The summed E-state index contributed by atoms with van der Waals surface area (Å²) in [6.07, 6.45) is 1.49. The van der Waals surface area contributed by atoms with Gasteiger partial charge in [-0.2, -0.15) is 5.10 Å². The quantitative estimate of drug-likeness (QED) is 0.456. The third-order valence-corrected chi connectivity index (χ3v) is 3.26. The molecule has 2 aromatic rings. The van der Waals surface area contributed by atoms with Gasteiger partial charge in [-0.3, -0.25) is 5.43 Å². The summed E-state index contributed by atoms with van der Waals surface area (Å²) in [7, 11) is 1.69. The zero-order chi connectivity index (χ0) is 16.1. The van der Waals surface area contributed by atoms with E-state index >= 15 is 0 Å². The van der Waals surface area contributed by atoms with Crippen LogP contribution in [0.4, 0.5) is 0 Å². The maximum absolute atomic E-state index is 11.1. The van der Waals surface area contributed by atoms with Crippen LogP contribution in [-0.2, 0) is 0 Å². The highest BCUT2D eigenvalue weighted by Gasteiger charge is 2.11. The van der Waals surface area contributed by atoms with Gasteiger partial charge in [0.2, 0.25) is 0 Å². The molecule has 2 rings (SSSR count). The van der Waals surface area contributed by atoms with Crippen molar-refractivity contribution in [2.24, 2.45) is 5.10 Å². The molecule has 114 valence electrons. The molecule has 1 heterocycles. The van der Waals surface area contributed by atoms with E-state index in [0.29, 0.717) is 16.6 Å². The topological polar surface area (TPSA) is 86.9 Å². The second kappa shape index (κ2) is 6.86. The van der Waals surface area contributed by atoms with E-state index in [1.165, 1.54) is 6.21 Å². The Hall–Kier alpha value is -2.67. The van der Waals surface area contributed by atoms with Crippen molar-refractivity contribution in [3.8, 4) is 11.3 Å². The number of aromatic carboxylic acids is 1. The molecule has 0 saturated heterocycles. The van der Waals surface area contributed by atoms with E-state index in [1.54, 1.807) is 37.4 Å². The molecule has 0 aliphatic rings. The maximum atomic E-state index is 11.1. The molecule has 0 saturated carbocycles. The predicted molar refractivity (Wildman–Crippen MR) is 88.2 cm³/mol. The fraction of sp³-hybridized carbons (Fsp3) is 0.133. The lowest BCUT2D eigenvalue weighted by Gasteiger charge is -2.04. The SMILES string of the molecule is CNC(=S)N/N=C\c1ccc(-c2cc(C(=O)O)ccc2C)o1. The highest BCUT2D eigenvalue weighted by atomic mass is 32.1. The lowest BCUT2D eigenvalue weighted by Crippen LogP contribution is -2.28. The molecule has 0 atom stereocenters. The summed E-state index contributed by atoms with van der Waals surface area (Å²) in [4.78, 5) is 11.1. The number of aryl methyl sites for hydroxylation is 1. The van der Waals surface area contributed by atoms with Gasteiger partial charge < -0.3 is 14.8 Å². The minimum Gasteiger partial charge on any atom is -0.478 e. The van der Waals surface area contributed by atoms with Gasteiger partial charge in [-0.1, -0.05) is 6.07 Å². The van der Waals surface area contributed by atoms with Crippen LogP contribution in [0.3, 0.4) is 0 Å². The maximum Gasteiger partial charge on any atom is 0.335 e. The number of thiocarbonyl (C=S) groups is 1. The van der Waals surface area contributed by atoms with Crippen molar-refractivity contribution in [3.05, 3.63) is 47.2 Å². The average Bonchev–Trinajstić information content (AvgIpc) is 2.95. The second-order valence-corrected chi connectivity index (χ2v) is 4.89. The van der Waals surface area contributed by atoms with Gasteiger partial charge in [0.1, 0.15) is 11.5 Å². The summed E-state index contributed by atoms with van der Waals surface area (Å²) in [5.41, 5.74) is 4.50. The zero-order valence-corrected chi connectivity index (χ0v) is 12.9. The Bertz CT molecular complexity index is 737. The lowest BCUT2D eigenvalue weighted by molar-refractivity contribution is 0.0697. The van der Waals surface area contributed by atoms with Gasteiger partial charge in [0.15, 0.2) is 5.11 Å². The highest BCUT2D eigenvalue weighted by Crippen LogP contribution is 2.26. The van der Waals surface area contributed by atoms with Gasteiger partial charge >= 0.3 is 5.97 Å². The summed E-state index contributed by atoms with van der Waals surface area (Å²) >= 11 is 4.89. The van der Waals surface area contributed by atoms with Crippen LogP contribution in [0.15, 0.2) is 39.9 Å². The van der Waals surface area contributed by atoms with Crippen molar-refractivity contribution >= 4 is 29.5 Å². The molecule has 0 radical (unpaired) electrons. The van der Waals surface area contributed by atoms with Crippen LogP contribution >= 0.6 is 12.2 Å². The molecule has 6 nitrogen and oxygen atoms in total. The molecule has 0 fully saturated rings. The Morgan fingerprint density at radius 3 is 2.82 bits per heavy atom. The minimum atomic E-state index is -0.973. The monoisotopic (exact) mass is 317 g/mol. The second-order valence-electron chi connectivity index (χ2n) is 4.49. The molecule has 22 heavy (non-hydrogen) atoms. The Morgan fingerprint density at radius 2 is 2.14 bits per heavy atom. The fourth-order valence-corrected chi connectivity index (χ4v) is 1.85. The first kappa shape index (κ1) is 15.7. The van der Waals surface area contributed by atoms with Crippen LogP contribution in [-0.4, -0.2) is 29.5 Å². The number of hydrogen-bond acceptors (Lipinski definition) is 4. The summed E-state index contributed by atoms with van der Waals surface area (Å²) in [6, 6.07) is 8.42. The first-order valence-electron chi connectivity index (χ1n) is 6.46. The molecule has 0 aliphatic heterocycles. The lowest BCUT2D eigenvalue weighted by atomic mass is 10.0. The molecule has 1 aromatic carbocycles.